The van der Waals surface area contributed by atoms with E-state index in [1.165, 1.54) is 6.92 Å². The molecule has 0 saturated carbocycles. The van der Waals surface area contributed by atoms with Crippen molar-refractivity contribution in [3.63, 3.8) is 0 Å². The maximum atomic E-state index is 12.7. The maximum absolute atomic E-state index is 12.7. The largest absolute Gasteiger partial charge is 0.462 e. The molecule has 0 bridgehead atoms. The van der Waals surface area contributed by atoms with Crippen LogP contribution in [-0.2, 0) is 14.8 Å². The molecule has 0 aromatic heterocycles. The number of esters is 1. The fourth-order valence-corrected chi connectivity index (χ4v) is 4.24. The number of carbonyl (C=O) groups excluding carboxylic acids is 1. The molecular formula is C17H25N3O6S. The van der Waals surface area contributed by atoms with Crippen molar-refractivity contribution in [2.24, 2.45) is 5.41 Å². The number of nitro groups is 1. The van der Waals surface area contributed by atoms with Crippen LogP contribution < -0.4 is 10.0 Å². The average molecular weight is 399 g/mol. The highest BCUT2D eigenvalue weighted by molar-refractivity contribution is 7.89. The fraction of sp³-hybridized carbons (Fsp3) is 0.588. The van der Waals surface area contributed by atoms with E-state index in [4.69, 9.17) is 4.74 Å². The lowest BCUT2D eigenvalue weighted by Gasteiger charge is -2.34. The van der Waals surface area contributed by atoms with Gasteiger partial charge in [-0.25, -0.2) is 17.9 Å². The highest BCUT2D eigenvalue weighted by Gasteiger charge is 2.30. The minimum atomic E-state index is -4.02. The number of ether oxygens (including phenoxy) is 1. The molecule has 1 heterocycles. The third-order valence-electron chi connectivity index (χ3n) is 4.86. The van der Waals surface area contributed by atoms with Gasteiger partial charge in [0.05, 0.1) is 22.0 Å². The molecule has 0 amide bonds. The first-order valence-corrected chi connectivity index (χ1v) is 10.2. The van der Waals surface area contributed by atoms with E-state index in [2.05, 4.69) is 10.0 Å². The lowest BCUT2D eigenvalue weighted by atomic mass is 9.81. The van der Waals surface area contributed by atoms with Gasteiger partial charge in [-0.05, 0) is 51.3 Å². The fourth-order valence-electron chi connectivity index (χ4n) is 3.00. The number of sulfonamides is 1. The molecule has 27 heavy (non-hydrogen) atoms. The zero-order chi connectivity index (χ0) is 20.2. The van der Waals surface area contributed by atoms with Gasteiger partial charge in [0.2, 0.25) is 10.0 Å². The van der Waals surface area contributed by atoms with Gasteiger partial charge in [0.15, 0.2) is 0 Å². The summed E-state index contributed by atoms with van der Waals surface area (Å²) in [6.07, 6.45) is 1.63. The first-order valence-electron chi connectivity index (χ1n) is 8.76. The van der Waals surface area contributed by atoms with Gasteiger partial charge in [0, 0.05) is 18.2 Å². The molecule has 0 radical (unpaired) electrons. The predicted molar refractivity (Wildman–Crippen MR) is 99.2 cm³/mol. The molecule has 1 aliphatic rings. The minimum Gasteiger partial charge on any atom is -0.462 e. The molecule has 0 atom stereocenters. The van der Waals surface area contributed by atoms with Crippen LogP contribution in [0.2, 0.25) is 0 Å². The standard InChI is InChI=1S/C17H25N3O6S/c1-4-26-16(21)14-9-13(10-15(12(14)2)20(22)23)27(24,25)19-11-17(3)5-7-18-8-6-17/h9-10,18-19H,4-8,11H2,1-3H3. The lowest BCUT2D eigenvalue weighted by Crippen LogP contribution is -2.42. The Morgan fingerprint density at radius 3 is 2.56 bits per heavy atom. The number of nitrogens with zero attached hydrogens (tertiary/aromatic N) is 1. The third kappa shape index (κ3) is 5.02. The number of hydrogen-bond donors (Lipinski definition) is 2. The Labute approximate surface area is 158 Å². The van der Waals surface area contributed by atoms with Crippen LogP contribution in [0, 0.1) is 22.5 Å². The molecule has 1 aromatic carbocycles. The minimum absolute atomic E-state index is 0.0720. The van der Waals surface area contributed by atoms with Crippen LogP contribution in [0.15, 0.2) is 17.0 Å². The van der Waals surface area contributed by atoms with Gasteiger partial charge >= 0.3 is 5.97 Å². The van der Waals surface area contributed by atoms with Crippen molar-refractivity contribution in [2.75, 3.05) is 26.2 Å². The Kier molecular flexibility index (Phi) is 6.55. The first kappa shape index (κ1) is 21.3. The summed E-state index contributed by atoms with van der Waals surface area (Å²) in [6.45, 7) is 6.90. The molecule has 10 heteroatoms. The van der Waals surface area contributed by atoms with Gasteiger partial charge in [-0.3, -0.25) is 10.1 Å². The monoisotopic (exact) mass is 399 g/mol. The van der Waals surface area contributed by atoms with E-state index in [-0.39, 0.29) is 34.6 Å². The number of nitro benzene ring substituents is 1. The first-order chi connectivity index (χ1) is 12.6. The van der Waals surface area contributed by atoms with Crippen LogP contribution in [0.1, 0.15) is 42.6 Å². The van der Waals surface area contributed by atoms with E-state index in [1.807, 2.05) is 6.92 Å². The summed E-state index contributed by atoms with van der Waals surface area (Å²) < 4.78 is 32.9. The van der Waals surface area contributed by atoms with Gasteiger partial charge in [-0.2, -0.15) is 0 Å². The van der Waals surface area contributed by atoms with Gasteiger partial charge < -0.3 is 10.1 Å². The van der Waals surface area contributed by atoms with Crippen LogP contribution >= 0.6 is 0 Å². The number of rotatable bonds is 7. The molecule has 1 saturated heterocycles. The Hall–Kier alpha value is -2.04. The normalized spacial score (nSPS) is 16.7. The second-order valence-corrected chi connectivity index (χ2v) is 8.74. The lowest BCUT2D eigenvalue weighted by molar-refractivity contribution is -0.385. The van der Waals surface area contributed by atoms with Crippen molar-refractivity contribution in [3.8, 4) is 0 Å². The SMILES string of the molecule is CCOC(=O)c1cc(S(=O)(=O)NCC2(C)CCNCC2)cc([N+](=O)[O-])c1C. The van der Waals surface area contributed by atoms with Gasteiger partial charge in [0.1, 0.15) is 0 Å². The van der Waals surface area contributed by atoms with Crippen LogP contribution in [0.5, 0.6) is 0 Å². The van der Waals surface area contributed by atoms with Gasteiger partial charge in [-0.1, -0.05) is 6.92 Å². The van der Waals surface area contributed by atoms with E-state index in [0.29, 0.717) is 0 Å². The molecule has 1 fully saturated rings. The van der Waals surface area contributed by atoms with E-state index in [9.17, 15) is 23.3 Å². The molecule has 9 nitrogen and oxygen atoms in total. The average Bonchev–Trinajstić information content (AvgIpc) is 2.61. The van der Waals surface area contributed by atoms with Crippen LogP contribution in [-0.4, -0.2) is 45.6 Å². The quantitative estimate of drug-likeness (QED) is 0.406. The second kappa shape index (κ2) is 8.32. The molecule has 0 aliphatic carbocycles. The molecule has 2 N–H and O–H groups in total. The van der Waals surface area contributed by atoms with Crippen LogP contribution in [0.25, 0.3) is 0 Å². The van der Waals surface area contributed by atoms with Crippen LogP contribution in [0.3, 0.4) is 0 Å². The number of carbonyl (C=O) groups is 1. The molecule has 1 aliphatic heterocycles. The molecule has 2 rings (SSSR count). The molecule has 150 valence electrons. The van der Waals surface area contributed by atoms with Gasteiger partial charge in [0.25, 0.3) is 5.69 Å². The predicted octanol–water partition coefficient (Wildman–Crippen LogP) is 1.75. The van der Waals surface area contributed by atoms with Gasteiger partial charge in [-0.15, -0.1) is 0 Å². The third-order valence-corrected chi connectivity index (χ3v) is 6.24. The summed E-state index contributed by atoms with van der Waals surface area (Å²) in [6, 6.07) is 2.11. The zero-order valence-electron chi connectivity index (χ0n) is 15.7. The molecular weight excluding hydrogens is 374 g/mol. The Morgan fingerprint density at radius 1 is 1.37 bits per heavy atom. The summed E-state index contributed by atoms with van der Waals surface area (Å²) in [7, 11) is -4.02. The zero-order valence-corrected chi connectivity index (χ0v) is 16.5. The second-order valence-electron chi connectivity index (χ2n) is 6.98. The number of hydrogen-bond acceptors (Lipinski definition) is 7. The van der Waals surface area contributed by atoms with Crippen molar-refractivity contribution in [3.05, 3.63) is 33.4 Å². The van der Waals surface area contributed by atoms with Crippen molar-refractivity contribution >= 4 is 21.7 Å². The van der Waals surface area contributed by atoms with E-state index >= 15 is 0 Å². The topological polar surface area (TPSA) is 128 Å². The molecule has 0 unspecified atom stereocenters. The van der Waals surface area contributed by atoms with E-state index < -0.39 is 26.6 Å². The molecule has 0 spiro atoms. The highest BCUT2D eigenvalue weighted by atomic mass is 32.2. The summed E-state index contributed by atoms with van der Waals surface area (Å²) in [5, 5.41) is 14.5. The molecule has 1 aromatic rings. The maximum Gasteiger partial charge on any atom is 0.338 e. The number of nitrogens with one attached hydrogen (secondary N) is 2. The van der Waals surface area contributed by atoms with E-state index in [0.717, 1.165) is 38.1 Å². The van der Waals surface area contributed by atoms with Crippen LogP contribution in [0.4, 0.5) is 5.69 Å². The Balaban J connectivity index is 2.37. The van der Waals surface area contributed by atoms with Crippen molar-refractivity contribution in [1.82, 2.24) is 10.0 Å². The highest BCUT2D eigenvalue weighted by Crippen LogP contribution is 2.29. The smallest absolute Gasteiger partial charge is 0.338 e. The number of benzene rings is 1. The summed E-state index contributed by atoms with van der Waals surface area (Å²) in [4.78, 5) is 22.4. The van der Waals surface area contributed by atoms with Crippen molar-refractivity contribution in [1.29, 1.82) is 0 Å². The van der Waals surface area contributed by atoms with Crippen molar-refractivity contribution < 1.29 is 22.9 Å². The number of piperidine rings is 1. The van der Waals surface area contributed by atoms with E-state index in [1.54, 1.807) is 6.92 Å². The summed E-state index contributed by atoms with van der Waals surface area (Å²) in [5.74, 6) is -0.791. The Morgan fingerprint density at radius 2 is 2.00 bits per heavy atom. The Bertz CT molecular complexity index is 831. The van der Waals surface area contributed by atoms with Crippen molar-refractivity contribution in [2.45, 2.75) is 38.5 Å². The summed E-state index contributed by atoms with van der Waals surface area (Å²) in [5.41, 5.74) is -0.685. The summed E-state index contributed by atoms with van der Waals surface area (Å²) >= 11 is 0.